The van der Waals surface area contributed by atoms with Gasteiger partial charge in [-0.1, -0.05) is 6.42 Å². The second kappa shape index (κ2) is 11.6. The van der Waals surface area contributed by atoms with E-state index in [0.29, 0.717) is 24.4 Å². The molecular formula is C18H27N2O4. The van der Waals surface area contributed by atoms with Gasteiger partial charge in [0.25, 0.3) is 0 Å². The fraction of sp³-hybridized carbons (Fsp3) is 0.556. The van der Waals surface area contributed by atoms with Gasteiger partial charge in [0.05, 0.1) is 0 Å². The lowest BCUT2D eigenvalue weighted by molar-refractivity contribution is -0.114. The minimum Gasteiger partial charge on any atom is -0.491 e. The van der Waals surface area contributed by atoms with E-state index in [2.05, 4.69) is 17.6 Å². The Kier molecular flexibility index (Phi) is 9.72. The molecule has 0 aromatic heterocycles. The number of ether oxygens (including phenoxy) is 1. The van der Waals surface area contributed by atoms with E-state index in [1.807, 2.05) is 6.29 Å². The van der Waals surface area contributed by atoms with Crippen molar-refractivity contribution in [3.8, 4) is 5.75 Å². The second-order valence-electron chi connectivity index (χ2n) is 5.87. The first-order chi connectivity index (χ1) is 11.5. The van der Waals surface area contributed by atoms with Crippen LogP contribution in [0, 0.1) is 0 Å². The van der Waals surface area contributed by atoms with E-state index in [1.54, 1.807) is 24.3 Å². The van der Waals surface area contributed by atoms with Gasteiger partial charge in [-0.3, -0.25) is 9.59 Å². The van der Waals surface area contributed by atoms with Crippen molar-refractivity contribution in [1.82, 2.24) is 5.32 Å². The average molecular weight is 335 g/mol. The molecule has 133 valence electrons. The van der Waals surface area contributed by atoms with Crippen LogP contribution in [0.1, 0.15) is 39.5 Å². The van der Waals surface area contributed by atoms with E-state index in [9.17, 15) is 14.7 Å². The molecule has 0 aliphatic heterocycles. The van der Waals surface area contributed by atoms with Crippen molar-refractivity contribution in [3.63, 3.8) is 0 Å². The van der Waals surface area contributed by atoms with Crippen LogP contribution in [0.25, 0.3) is 0 Å². The Morgan fingerprint density at radius 3 is 2.62 bits per heavy atom. The van der Waals surface area contributed by atoms with Gasteiger partial charge in [-0.25, -0.2) is 0 Å². The fourth-order valence-electron chi connectivity index (χ4n) is 2.18. The van der Waals surface area contributed by atoms with Gasteiger partial charge < -0.3 is 20.5 Å². The number of anilines is 1. The number of aliphatic hydroxyl groups excluding tert-OH is 1. The number of rotatable bonds is 12. The summed E-state index contributed by atoms with van der Waals surface area (Å²) in [5.74, 6) is 0.518. The maximum absolute atomic E-state index is 10.9. The molecule has 1 aromatic rings. The Bertz CT molecular complexity index is 490. The zero-order chi connectivity index (χ0) is 17.8. The molecule has 0 aliphatic rings. The standard InChI is InChI=1S/C18H27N2O4/c1-14(6-4-3-5-11-21)19-12-17(23)13-24-18-9-7-16(8-10-18)20-15(2)22/h7-10,14,17,19,23H,3-6,12-13H2,1-2H3,(H,20,22). The van der Waals surface area contributed by atoms with Crippen LogP contribution in [0.15, 0.2) is 24.3 Å². The molecule has 6 heteroatoms. The number of amides is 1. The molecule has 0 saturated carbocycles. The summed E-state index contributed by atoms with van der Waals surface area (Å²) < 4.78 is 5.53. The second-order valence-corrected chi connectivity index (χ2v) is 5.87. The molecule has 6 nitrogen and oxygen atoms in total. The van der Waals surface area contributed by atoms with E-state index in [1.165, 1.54) is 6.92 Å². The van der Waals surface area contributed by atoms with Gasteiger partial charge in [0.15, 0.2) is 6.29 Å². The number of hydrogen-bond acceptors (Lipinski definition) is 5. The van der Waals surface area contributed by atoms with Crippen molar-refractivity contribution in [2.75, 3.05) is 18.5 Å². The molecule has 2 unspecified atom stereocenters. The van der Waals surface area contributed by atoms with Crippen molar-refractivity contribution < 1.29 is 19.4 Å². The third-order valence-corrected chi connectivity index (χ3v) is 3.48. The molecule has 0 heterocycles. The third kappa shape index (κ3) is 9.27. The van der Waals surface area contributed by atoms with Crippen molar-refractivity contribution in [2.45, 2.75) is 51.7 Å². The molecule has 24 heavy (non-hydrogen) atoms. The summed E-state index contributed by atoms with van der Waals surface area (Å²) in [4.78, 5) is 21.1. The first-order valence-electron chi connectivity index (χ1n) is 8.28. The SMILES string of the molecule is CC(=O)Nc1ccc(OCC(O)CNC(C)CCCC[C]=O)cc1. The molecule has 1 amide bonds. The summed E-state index contributed by atoms with van der Waals surface area (Å²) in [6.07, 6.45) is 4.56. The minimum atomic E-state index is -0.606. The number of carbonyl (C=O) groups is 1. The summed E-state index contributed by atoms with van der Waals surface area (Å²) >= 11 is 0. The van der Waals surface area contributed by atoms with Crippen LogP contribution in [0.2, 0.25) is 0 Å². The van der Waals surface area contributed by atoms with Crippen LogP contribution in [0.4, 0.5) is 5.69 Å². The molecule has 0 spiro atoms. The van der Waals surface area contributed by atoms with Crippen molar-refractivity contribution >= 4 is 17.9 Å². The number of benzene rings is 1. The highest BCUT2D eigenvalue weighted by atomic mass is 16.5. The number of unbranched alkanes of at least 4 members (excludes halogenated alkanes) is 2. The lowest BCUT2D eigenvalue weighted by Crippen LogP contribution is -2.36. The Morgan fingerprint density at radius 2 is 2.00 bits per heavy atom. The smallest absolute Gasteiger partial charge is 0.221 e. The molecule has 0 bridgehead atoms. The van der Waals surface area contributed by atoms with E-state index in [-0.39, 0.29) is 18.6 Å². The molecule has 0 fully saturated rings. The molecule has 0 saturated heterocycles. The van der Waals surface area contributed by atoms with Crippen LogP contribution in [0.5, 0.6) is 5.75 Å². The molecule has 3 N–H and O–H groups in total. The third-order valence-electron chi connectivity index (χ3n) is 3.48. The first-order valence-corrected chi connectivity index (χ1v) is 8.28. The molecule has 1 aromatic carbocycles. The van der Waals surface area contributed by atoms with Gasteiger partial charge >= 0.3 is 0 Å². The lowest BCUT2D eigenvalue weighted by atomic mass is 10.1. The zero-order valence-corrected chi connectivity index (χ0v) is 14.4. The Labute approximate surface area is 143 Å². The van der Waals surface area contributed by atoms with Crippen LogP contribution < -0.4 is 15.4 Å². The normalized spacial score (nSPS) is 13.1. The highest BCUT2D eigenvalue weighted by molar-refractivity contribution is 5.88. The summed E-state index contributed by atoms with van der Waals surface area (Å²) in [7, 11) is 0. The van der Waals surface area contributed by atoms with Gasteiger partial charge in [0.1, 0.15) is 18.5 Å². The maximum atomic E-state index is 10.9. The molecule has 0 aliphatic carbocycles. The predicted octanol–water partition coefficient (Wildman–Crippen LogP) is 2.03. The minimum absolute atomic E-state index is 0.122. The summed E-state index contributed by atoms with van der Waals surface area (Å²) in [6.45, 7) is 4.15. The largest absolute Gasteiger partial charge is 0.491 e. The summed E-state index contributed by atoms with van der Waals surface area (Å²) in [5, 5.41) is 15.9. The van der Waals surface area contributed by atoms with Gasteiger partial charge in [-0.2, -0.15) is 0 Å². The van der Waals surface area contributed by atoms with E-state index in [4.69, 9.17) is 4.74 Å². The quantitative estimate of drug-likeness (QED) is 0.509. The van der Waals surface area contributed by atoms with Gasteiger partial charge in [-0.05, 0) is 44.0 Å². The zero-order valence-electron chi connectivity index (χ0n) is 14.4. The van der Waals surface area contributed by atoms with Gasteiger partial charge in [-0.15, -0.1) is 0 Å². The molecular weight excluding hydrogens is 308 g/mol. The van der Waals surface area contributed by atoms with Crippen molar-refractivity contribution in [1.29, 1.82) is 0 Å². The molecule has 1 radical (unpaired) electrons. The van der Waals surface area contributed by atoms with E-state index < -0.39 is 6.10 Å². The Balaban J connectivity index is 2.19. The van der Waals surface area contributed by atoms with Crippen LogP contribution in [-0.2, 0) is 9.59 Å². The predicted molar refractivity (Wildman–Crippen MR) is 93.9 cm³/mol. The first kappa shape index (κ1) is 20.1. The average Bonchev–Trinajstić information content (AvgIpc) is 2.56. The topological polar surface area (TPSA) is 87.7 Å². The van der Waals surface area contributed by atoms with Crippen molar-refractivity contribution in [2.24, 2.45) is 0 Å². The van der Waals surface area contributed by atoms with Crippen LogP contribution in [-0.4, -0.2) is 42.6 Å². The fourth-order valence-corrected chi connectivity index (χ4v) is 2.18. The van der Waals surface area contributed by atoms with E-state index >= 15 is 0 Å². The number of nitrogens with one attached hydrogen (secondary N) is 2. The highest BCUT2D eigenvalue weighted by Crippen LogP contribution is 2.15. The van der Waals surface area contributed by atoms with Crippen LogP contribution in [0.3, 0.4) is 0 Å². The lowest BCUT2D eigenvalue weighted by Gasteiger charge is -2.17. The molecule has 2 atom stereocenters. The van der Waals surface area contributed by atoms with Gasteiger partial charge in [0, 0.05) is 31.6 Å². The summed E-state index contributed by atoms with van der Waals surface area (Å²) in [6, 6.07) is 7.28. The van der Waals surface area contributed by atoms with Crippen LogP contribution >= 0.6 is 0 Å². The number of aliphatic hydroxyl groups is 1. The maximum Gasteiger partial charge on any atom is 0.221 e. The molecule has 1 rings (SSSR count). The van der Waals surface area contributed by atoms with Gasteiger partial charge in [0.2, 0.25) is 5.91 Å². The number of hydrogen-bond donors (Lipinski definition) is 3. The number of carbonyl (C=O) groups excluding carboxylic acids is 2. The van der Waals surface area contributed by atoms with Crippen molar-refractivity contribution in [3.05, 3.63) is 24.3 Å². The monoisotopic (exact) mass is 335 g/mol. The van der Waals surface area contributed by atoms with E-state index in [0.717, 1.165) is 19.3 Å². The summed E-state index contributed by atoms with van der Waals surface area (Å²) in [5.41, 5.74) is 0.707. The highest BCUT2D eigenvalue weighted by Gasteiger charge is 2.08. The Hall–Kier alpha value is -1.92. The Morgan fingerprint density at radius 1 is 1.29 bits per heavy atom.